The van der Waals surface area contributed by atoms with Gasteiger partial charge in [0.2, 0.25) is 0 Å². The second-order valence-electron chi connectivity index (χ2n) is 8.42. The van der Waals surface area contributed by atoms with Crippen molar-refractivity contribution in [2.24, 2.45) is 0 Å². The minimum atomic E-state index is -0.0853. The number of aryl methyl sites for hydroxylation is 1. The number of ether oxygens (including phenoxy) is 1. The van der Waals surface area contributed by atoms with Gasteiger partial charge in [0, 0.05) is 23.3 Å². The molecule has 4 aromatic rings. The molecule has 0 radical (unpaired) electrons. The Morgan fingerprint density at radius 2 is 1.91 bits per heavy atom. The fourth-order valence-electron chi connectivity index (χ4n) is 4.75. The highest BCUT2D eigenvalue weighted by Gasteiger charge is 2.42. The summed E-state index contributed by atoms with van der Waals surface area (Å²) >= 11 is 5.87. The van der Waals surface area contributed by atoms with Crippen LogP contribution in [0.15, 0.2) is 77.5 Å². The van der Waals surface area contributed by atoms with Gasteiger partial charge in [-0.25, -0.2) is 0 Å². The summed E-state index contributed by atoms with van der Waals surface area (Å²) in [6.07, 6.45) is 3.55. The molecule has 0 aliphatic carbocycles. The Kier molecular flexibility index (Phi) is 6.11. The normalized spacial score (nSPS) is 17.7. The summed E-state index contributed by atoms with van der Waals surface area (Å²) in [6, 6.07) is 20.2. The van der Waals surface area contributed by atoms with Crippen molar-refractivity contribution in [3.05, 3.63) is 102 Å². The lowest BCUT2D eigenvalue weighted by Crippen LogP contribution is -2.29. The molecule has 1 aliphatic rings. The van der Waals surface area contributed by atoms with Crippen LogP contribution in [0.5, 0.6) is 5.75 Å². The van der Waals surface area contributed by atoms with Gasteiger partial charge < -0.3 is 23.9 Å². The second kappa shape index (κ2) is 9.35. The zero-order valence-electron chi connectivity index (χ0n) is 19.6. The van der Waals surface area contributed by atoms with Crippen LogP contribution in [0.3, 0.4) is 0 Å². The van der Waals surface area contributed by atoms with Gasteiger partial charge in [-0.1, -0.05) is 6.07 Å². The highest BCUT2D eigenvalue weighted by molar-refractivity contribution is 7.80. The van der Waals surface area contributed by atoms with Crippen LogP contribution in [0.2, 0.25) is 0 Å². The Hall–Kier alpha value is -3.58. The summed E-state index contributed by atoms with van der Waals surface area (Å²) in [7, 11) is 0. The third-order valence-electron chi connectivity index (χ3n) is 6.35. The topological polar surface area (TPSA) is 55.5 Å². The summed E-state index contributed by atoms with van der Waals surface area (Å²) in [6.45, 7) is 7.61. The van der Waals surface area contributed by atoms with Crippen LogP contribution in [-0.2, 0) is 6.54 Å². The smallest absolute Gasteiger partial charge is 0.174 e. The molecule has 0 amide bonds. The third kappa shape index (κ3) is 4.07. The van der Waals surface area contributed by atoms with E-state index in [2.05, 4.69) is 57.9 Å². The molecule has 1 aromatic carbocycles. The standard InChI is InChI=1S/C27H28N4O2S/c1-4-32-21-12-10-20(11-13-21)31-26(25(29-27(31)34)24-9-5-6-14-28-24)23-16-18(2)30(19(23)3)17-22-8-7-15-33-22/h5-16,25-26H,4,17H2,1-3H3,(H,29,34)/t25-,26-/m1/s1. The number of nitrogens with zero attached hydrogens (tertiary/aromatic N) is 3. The van der Waals surface area contributed by atoms with Crippen molar-refractivity contribution in [1.29, 1.82) is 0 Å². The highest BCUT2D eigenvalue weighted by atomic mass is 32.1. The molecule has 7 heteroatoms. The summed E-state index contributed by atoms with van der Waals surface area (Å²) < 4.78 is 13.6. The van der Waals surface area contributed by atoms with Crippen molar-refractivity contribution in [3.8, 4) is 5.75 Å². The molecule has 2 atom stereocenters. The van der Waals surface area contributed by atoms with Crippen molar-refractivity contribution in [2.45, 2.75) is 39.4 Å². The summed E-state index contributed by atoms with van der Waals surface area (Å²) in [4.78, 5) is 6.86. The van der Waals surface area contributed by atoms with Crippen molar-refractivity contribution in [2.75, 3.05) is 11.5 Å². The molecule has 1 saturated heterocycles. The molecule has 0 bridgehead atoms. The molecule has 5 rings (SSSR count). The first-order chi connectivity index (χ1) is 16.6. The molecule has 6 nitrogen and oxygen atoms in total. The Balaban J connectivity index is 1.59. The Labute approximate surface area is 205 Å². The SMILES string of the molecule is CCOc1ccc(N2C(=S)N[C@H](c3ccccn3)[C@H]2c2cc(C)n(Cc3ccco3)c2C)cc1. The van der Waals surface area contributed by atoms with Gasteiger partial charge in [0.15, 0.2) is 5.11 Å². The molecule has 0 unspecified atom stereocenters. The van der Waals surface area contributed by atoms with Crippen LogP contribution in [0, 0.1) is 13.8 Å². The number of furan rings is 1. The van der Waals surface area contributed by atoms with Crippen molar-refractivity contribution in [3.63, 3.8) is 0 Å². The van der Waals surface area contributed by atoms with Gasteiger partial charge in [-0.2, -0.15) is 0 Å². The van der Waals surface area contributed by atoms with E-state index in [9.17, 15) is 0 Å². The molecule has 34 heavy (non-hydrogen) atoms. The molecule has 1 aliphatic heterocycles. The number of thiocarbonyl (C=S) groups is 1. The number of rotatable bonds is 7. The van der Waals surface area contributed by atoms with Crippen LogP contribution < -0.4 is 15.0 Å². The quantitative estimate of drug-likeness (QED) is 0.347. The van der Waals surface area contributed by atoms with E-state index in [4.69, 9.17) is 21.4 Å². The maximum absolute atomic E-state index is 5.87. The monoisotopic (exact) mass is 472 g/mol. The molecule has 174 valence electrons. The maximum atomic E-state index is 5.87. The number of hydrogen-bond acceptors (Lipinski definition) is 4. The first-order valence-corrected chi connectivity index (χ1v) is 11.9. The minimum absolute atomic E-state index is 0.0584. The van der Waals surface area contributed by atoms with E-state index in [-0.39, 0.29) is 12.1 Å². The van der Waals surface area contributed by atoms with Gasteiger partial charge in [-0.15, -0.1) is 0 Å². The Morgan fingerprint density at radius 1 is 1.09 bits per heavy atom. The number of hydrogen-bond donors (Lipinski definition) is 1. The molecule has 1 N–H and O–H groups in total. The van der Waals surface area contributed by atoms with Crippen LogP contribution in [0.4, 0.5) is 5.69 Å². The first-order valence-electron chi connectivity index (χ1n) is 11.5. The number of benzene rings is 1. The van der Waals surface area contributed by atoms with Crippen LogP contribution in [-0.4, -0.2) is 21.3 Å². The molecular weight excluding hydrogens is 444 g/mol. The van der Waals surface area contributed by atoms with Crippen molar-refractivity contribution in [1.82, 2.24) is 14.9 Å². The van der Waals surface area contributed by atoms with E-state index in [1.54, 1.807) is 6.26 Å². The van der Waals surface area contributed by atoms with E-state index in [1.165, 1.54) is 17.0 Å². The zero-order valence-corrected chi connectivity index (χ0v) is 20.4. The number of aromatic nitrogens is 2. The van der Waals surface area contributed by atoms with E-state index in [0.29, 0.717) is 18.3 Å². The average molecular weight is 473 g/mol. The molecule has 1 fully saturated rings. The second-order valence-corrected chi connectivity index (χ2v) is 8.80. The summed E-state index contributed by atoms with van der Waals surface area (Å²) in [5.41, 5.74) is 5.54. The zero-order chi connectivity index (χ0) is 23.7. The summed E-state index contributed by atoms with van der Waals surface area (Å²) in [5, 5.41) is 4.23. The largest absolute Gasteiger partial charge is 0.494 e. The Morgan fingerprint density at radius 3 is 2.59 bits per heavy atom. The average Bonchev–Trinajstić information content (AvgIpc) is 3.55. The molecule has 0 spiro atoms. The fraction of sp³-hybridized carbons (Fsp3) is 0.259. The van der Waals surface area contributed by atoms with Crippen LogP contribution >= 0.6 is 12.2 Å². The minimum Gasteiger partial charge on any atom is -0.494 e. The lowest BCUT2D eigenvalue weighted by atomic mass is 9.96. The molecule has 3 aromatic heterocycles. The predicted octanol–water partition coefficient (Wildman–Crippen LogP) is 5.72. The molecule has 0 saturated carbocycles. The van der Waals surface area contributed by atoms with E-state index in [1.807, 2.05) is 49.5 Å². The number of nitrogens with one attached hydrogen (secondary N) is 1. The fourth-order valence-corrected chi connectivity index (χ4v) is 5.09. The Bertz CT molecular complexity index is 1270. The third-order valence-corrected chi connectivity index (χ3v) is 6.66. The van der Waals surface area contributed by atoms with Gasteiger partial charge in [-0.3, -0.25) is 4.98 Å². The van der Waals surface area contributed by atoms with Crippen molar-refractivity contribution < 1.29 is 9.15 Å². The molecular formula is C27H28N4O2S. The lowest BCUT2D eigenvalue weighted by Gasteiger charge is -2.28. The van der Waals surface area contributed by atoms with Gasteiger partial charge in [-0.05, 0) is 93.1 Å². The van der Waals surface area contributed by atoms with Crippen LogP contribution in [0.25, 0.3) is 0 Å². The van der Waals surface area contributed by atoms with Gasteiger partial charge in [0.05, 0.1) is 37.2 Å². The van der Waals surface area contributed by atoms with E-state index in [0.717, 1.165) is 22.9 Å². The van der Waals surface area contributed by atoms with Crippen molar-refractivity contribution >= 4 is 23.0 Å². The molecule has 4 heterocycles. The predicted molar refractivity (Wildman–Crippen MR) is 137 cm³/mol. The highest BCUT2D eigenvalue weighted by Crippen LogP contribution is 2.43. The lowest BCUT2D eigenvalue weighted by molar-refractivity contribution is 0.340. The van der Waals surface area contributed by atoms with Gasteiger partial charge in [0.25, 0.3) is 0 Å². The maximum Gasteiger partial charge on any atom is 0.174 e. The van der Waals surface area contributed by atoms with Gasteiger partial charge in [0.1, 0.15) is 11.5 Å². The first kappa shape index (κ1) is 22.2. The van der Waals surface area contributed by atoms with Gasteiger partial charge >= 0.3 is 0 Å². The van der Waals surface area contributed by atoms with Crippen LogP contribution in [0.1, 0.15) is 47.4 Å². The van der Waals surface area contributed by atoms with E-state index < -0.39 is 0 Å². The number of pyridine rings is 1. The van der Waals surface area contributed by atoms with E-state index >= 15 is 0 Å². The number of anilines is 1. The summed E-state index contributed by atoms with van der Waals surface area (Å²) in [5.74, 6) is 1.77.